The Bertz CT molecular complexity index is 739. The summed E-state index contributed by atoms with van der Waals surface area (Å²) in [6.45, 7) is 0.370. The van der Waals surface area contributed by atoms with E-state index in [0.717, 1.165) is 16.5 Å². The highest BCUT2D eigenvalue weighted by Crippen LogP contribution is 2.24. The van der Waals surface area contributed by atoms with E-state index in [4.69, 9.17) is 5.73 Å². The smallest absolute Gasteiger partial charge is 0.251 e. The molecule has 2 aromatic rings. The van der Waals surface area contributed by atoms with Crippen molar-refractivity contribution in [2.75, 3.05) is 25.1 Å². The number of nitrogens with zero attached hydrogens (tertiary/aromatic N) is 1. The fourth-order valence-corrected chi connectivity index (χ4v) is 2.84. The summed E-state index contributed by atoms with van der Waals surface area (Å²) in [6, 6.07) is 5.09. The molecule has 9 heteroatoms. The number of sulfonamides is 1. The van der Waals surface area contributed by atoms with Gasteiger partial charge in [-0.3, -0.25) is 4.79 Å². The number of nitrogens with one attached hydrogen (secondary N) is 2. The molecule has 4 N–H and O–H groups in total. The molecule has 0 aliphatic rings. The Balaban J connectivity index is 1.97. The third kappa shape index (κ3) is 3.89. The van der Waals surface area contributed by atoms with Gasteiger partial charge in [0, 0.05) is 18.7 Å². The summed E-state index contributed by atoms with van der Waals surface area (Å²) >= 11 is 1.31. The number of benzene rings is 1. The number of fused-ring (bicyclic) bond motifs is 1. The van der Waals surface area contributed by atoms with E-state index in [9.17, 15) is 13.2 Å². The van der Waals surface area contributed by atoms with Gasteiger partial charge in [-0.25, -0.2) is 18.1 Å². The first kappa shape index (κ1) is 14.7. The van der Waals surface area contributed by atoms with E-state index in [1.54, 1.807) is 18.2 Å². The molecule has 0 saturated heterocycles. The van der Waals surface area contributed by atoms with Crippen LogP contribution in [0.3, 0.4) is 0 Å². The molecule has 0 saturated carbocycles. The predicted molar refractivity (Wildman–Crippen MR) is 79.2 cm³/mol. The van der Waals surface area contributed by atoms with Crippen molar-refractivity contribution < 1.29 is 13.2 Å². The maximum atomic E-state index is 11.9. The minimum absolute atomic E-state index is 0.153. The lowest BCUT2D eigenvalue weighted by Gasteiger charge is -2.05. The van der Waals surface area contributed by atoms with E-state index < -0.39 is 10.0 Å². The van der Waals surface area contributed by atoms with E-state index in [1.165, 1.54) is 11.3 Å². The predicted octanol–water partition coefficient (Wildman–Crippen LogP) is 0.158. The Kier molecular flexibility index (Phi) is 4.21. The number of anilines is 1. The van der Waals surface area contributed by atoms with Gasteiger partial charge in [0.05, 0.1) is 16.5 Å². The zero-order valence-corrected chi connectivity index (χ0v) is 12.3. The van der Waals surface area contributed by atoms with Gasteiger partial charge in [0.1, 0.15) is 0 Å². The summed E-state index contributed by atoms with van der Waals surface area (Å²) in [5.74, 6) is -0.269. The van der Waals surface area contributed by atoms with Gasteiger partial charge in [0.25, 0.3) is 5.91 Å². The van der Waals surface area contributed by atoms with Crippen LogP contribution in [0.1, 0.15) is 10.4 Å². The van der Waals surface area contributed by atoms with Gasteiger partial charge in [-0.1, -0.05) is 11.3 Å². The molecule has 7 nitrogen and oxygen atoms in total. The highest BCUT2D eigenvalue weighted by molar-refractivity contribution is 7.88. The monoisotopic (exact) mass is 314 g/mol. The Labute approximate surface area is 120 Å². The molecular weight excluding hydrogens is 300 g/mol. The first-order valence-electron chi connectivity index (χ1n) is 5.74. The molecule has 0 fully saturated rings. The lowest BCUT2D eigenvalue weighted by Crippen LogP contribution is -2.34. The Hall–Kier alpha value is -1.71. The van der Waals surface area contributed by atoms with Gasteiger partial charge in [0.2, 0.25) is 10.0 Å². The van der Waals surface area contributed by atoms with Crippen LogP contribution in [0.15, 0.2) is 18.2 Å². The molecule has 108 valence electrons. The molecular formula is C11H14N4O3S2. The van der Waals surface area contributed by atoms with Crippen LogP contribution < -0.4 is 15.8 Å². The molecule has 0 aliphatic heterocycles. The minimum Gasteiger partial charge on any atom is -0.375 e. The standard InChI is InChI=1S/C11H14N4O3S2/c1-20(17,18)14-5-4-13-10(16)7-2-3-8-9(6-7)19-11(12)15-8/h2-3,6,14H,4-5H2,1H3,(H2,12,15)(H,13,16). The number of nitrogen functional groups attached to an aromatic ring is 1. The summed E-state index contributed by atoms with van der Waals surface area (Å²) in [5, 5.41) is 3.08. The summed E-state index contributed by atoms with van der Waals surface area (Å²) in [6.07, 6.45) is 1.07. The number of thiazole rings is 1. The van der Waals surface area contributed by atoms with Gasteiger partial charge < -0.3 is 11.1 Å². The number of carbonyl (C=O) groups is 1. The van der Waals surface area contributed by atoms with E-state index in [0.29, 0.717) is 10.7 Å². The number of rotatable bonds is 5. The summed E-state index contributed by atoms with van der Waals surface area (Å²) in [7, 11) is -3.23. The maximum Gasteiger partial charge on any atom is 0.251 e. The molecule has 0 atom stereocenters. The van der Waals surface area contributed by atoms with Crippen LogP contribution in [0.2, 0.25) is 0 Å². The van der Waals surface area contributed by atoms with E-state index in [2.05, 4.69) is 15.0 Å². The third-order valence-corrected chi connectivity index (χ3v) is 4.02. The lowest BCUT2D eigenvalue weighted by atomic mass is 10.2. The SMILES string of the molecule is CS(=O)(=O)NCCNC(=O)c1ccc2nc(N)sc2c1. The van der Waals surface area contributed by atoms with E-state index >= 15 is 0 Å². The Morgan fingerprint density at radius 2 is 2.15 bits per heavy atom. The first-order valence-corrected chi connectivity index (χ1v) is 8.45. The second-order valence-electron chi connectivity index (χ2n) is 4.16. The van der Waals surface area contributed by atoms with Crippen molar-refractivity contribution in [3.8, 4) is 0 Å². The fourth-order valence-electron chi connectivity index (χ4n) is 1.60. The highest BCUT2D eigenvalue weighted by atomic mass is 32.2. The zero-order chi connectivity index (χ0) is 14.8. The van der Waals surface area contributed by atoms with Gasteiger partial charge in [-0.15, -0.1) is 0 Å². The normalized spacial score (nSPS) is 11.7. The van der Waals surface area contributed by atoms with Crippen molar-refractivity contribution in [2.24, 2.45) is 0 Å². The molecule has 1 aromatic carbocycles. The van der Waals surface area contributed by atoms with Gasteiger partial charge in [-0.2, -0.15) is 0 Å². The van der Waals surface area contributed by atoms with Gasteiger partial charge >= 0.3 is 0 Å². The summed E-state index contributed by atoms with van der Waals surface area (Å²) < 4.78 is 24.8. The van der Waals surface area contributed by atoms with Crippen molar-refractivity contribution in [3.05, 3.63) is 23.8 Å². The van der Waals surface area contributed by atoms with E-state index in [-0.39, 0.29) is 19.0 Å². The zero-order valence-electron chi connectivity index (χ0n) is 10.7. The second kappa shape index (κ2) is 5.73. The molecule has 2 rings (SSSR count). The third-order valence-electron chi connectivity index (χ3n) is 2.44. The number of hydrogen-bond donors (Lipinski definition) is 3. The molecule has 1 amide bonds. The average molecular weight is 314 g/mol. The molecule has 1 aromatic heterocycles. The summed E-state index contributed by atoms with van der Waals surface area (Å²) in [4.78, 5) is 16.0. The molecule has 0 radical (unpaired) electrons. The summed E-state index contributed by atoms with van der Waals surface area (Å²) in [5.41, 5.74) is 6.84. The average Bonchev–Trinajstić information content (AvgIpc) is 2.72. The second-order valence-corrected chi connectivity index (χ2v) is 7.05. The number of amides is 1. The Morgan fingerprint density at radius 1 is 1.40 bits per heavy atom. The molecule has 0 aliphatic carbocycles. The van der Waals surface area contributed by atoms with Crippen LogP contribution >= 0.6 is 11.3 Å². The van der Waals surface area contributed by atoms with Gasteiger partial charge in [-0.05, 0) is 18.2 Å². The van der Waals surface area contributed by atoms with Gasteiger partial charge in [0.15, 0.2) is 5.13 Å². The maximum absolute atomic E-state index is 11.9. The minimum atomic E-state index is -3.23. The number of carbonyl (C=O) groups excluding carboxylic acids is 1. The fraction of sp³-hybridized carbons (Fsp3) is 0.273. The van der Waals surface area contributed by atoms with Crippen LogP contribution in [0.4, 0.5) is 5.13 Å². The first-order chi connectivity index (χ1) is 9.35. The van der Waals surface area contributed by atoms with Crippen LogP contribution in [0, 0.1) is 0 Å². The van der Waals surface area contributed by atoms with Crippen LogP contribution in [-0.2, 0) is 10.0 Å². The number of hydrogen-bond acceptors (Lipinski definition) is 6. The lowest BCUT2D eigenvalue weighted by molar-refractivity contribution is 0.0954. The largest absolute Gasteiger partial charge is 0.375 e. The molecule has 20 heavy (non-hydrogen) atoms. The number of nitrogens with two attached hydrogens (primary N) is 1. The molecule has 0 unspecified atom stereocenters. The quantitative estimate of drug-likeness (QED) is 0.680. The van der Waals surface area contributed by atoms with Crippen molar-refractivity contribution in [1.29, 1.82) is 0 Å². The molecule has 1 heterocycles. The van der Waals surface area contributed by atoms with Crippen LogP contribution in [-0.4, -0.2) is 38.7 Å². The molecule has 0 spiro atoms. The Morgan fingerprint density at radius 3 is 2.85 bits per heavy atom. The van der Waals surface area contributed by atoms with E-state index in [1.807, 2.05) is 0 Å². The van der Waals surface area contributed by atoms with Crippen LogP contribution in [0.5, 0.6) is 0 Å². The van der Waals surface area contributed by atoms with Crippen molar-refractivity contribution in [1.82, 2.24) is 15.0 Å². The highest BCUT2D eigenvalue weighted by Gasteiger charge is 2.08. The topological polar surface area (TPSA) is 114 Å². The van der Waals surface area contributed by atoms with Crippen molar-refractivity contribution in [2.45, 2.75) is 0 Å². The van der Waals surface area contributed by atoms with Crippen LogP contribution in [0.25, 0.3) is 10.2 Å². The number of aromatic nitrogens is 1. The van der Waals surface area contributed by atoms with Crippen molar-refractivity contribution in [3.63, 3.8) is 0 Å². The van der Waals surface area contributed by atoms with Crippen molar-refractivity contribution >= 4 is 42.6 Å². The molecule has 0 bridgehead atoms.